The van der Waals surface area contributed by atoms with E-state index in [-0.39, 0.29) is 12.1 Å². The molecule has 27 heavy (non-hydrogen) atoms. The standard InChI is InChI=1S/C9H13ClO3Si.C6H13F3O3Si/c1-11-14(12-2,13-8-10)9-6-4-3-5-7-9;1-10-13(11-2,12-3)5-4-6(7,8)9/h3-7H,8H2,1-2H3;4-5H2,1-3H3. The van der Waals surface area contributed by atoms with E-state index in [0.717, 1.165) is 5.19 Å². The third kappa shape index (κ3) is 9.02. The van der Waals surface area contributed by atoms with Crippen LogP contribution < -0.4 is 5.19 Å². The topological polar surface area (TPSA) is 55.4 Å². The van der Waals surface area contributed by atoms with Crippen molar-refractivity contribution >= 4 is 34.4 Å². The Labute approximate surface area is 165 Å². The van der Waals surface area contributed by atoms with Crippen LogP contribution in [0.2, 0.25) is 6.04 Å². The van der Waals surface area contributed by atoms with Gasteiger partial charge in [-0.05, 0) is 0 Å². The summed E-state index contributed by atoms with van der Waals surface area (Å²) in [5.74, 6) is 0. The molecular weight excluding hydrogens is 425 g/mol. The molecule has 0 bridgehead atoms. The number of rotatable bonds is 10. The molecule has 0 atom stereocenters. The Balaban J connectivity index is 0.000000503. The molecule has 0 saturated heterocycles. The highest BCUT2D eigenvalue weighted by Gasteiger charge is 2.42. The molecule has 0 amide bonds. The molecule has 158 valence electrons. The molecule has 0 aromatic heterocycles. The summed E-state index contributed by atoms with van der Waals surface area (Å²) in [6, 6.07) is 9.37. The summed E-state index contributed by atoms with van der Waals surface area (Å²) in [6.45, 7) is 0. The van der Waals surface area contributed by atoms with Gasteiger partial charge in [-0.2, -0.15) is 13.2 Å². The molecule has 1 rings (SSSR count). The first-order valence-corrected chi connectivity index (χ1v) is 11.9. The highest BCUT2D eigenvalue weighted by molar-refractivity contribution is 6.75. The highest BCUT2D eigenvalue weighted by atomic mass is 35.5. The Morgan fingerprint density at radius 1 is 0.852 bits per heavy atom. The maximum atomic E-state index is 11.9. The van der Waals surface area contributed by atoms with E-state index >= 15 is 0 Å². The zero-order valence-electron chi connectivity index (χ0n) is 16.0. The third-order valence-electron chi connectivity index (χ3n) is 3.56. The number of halogens is 4. The van der Waals surface area contributed by atoms with Gasteiger partial charge in [0.1, 0.15) is 6.07 Å². The predicted octanol–water partition coefficient (Wildman–Crippen LogP) is 3.16. The van der Waals surface area contributed by atoms with Crippen LogP contribution in [0.3, 0.4) is 0 Å². The van der Waals surface area contributed by atoms with Crippen LogP contribution >= 0.6 is 11.6 Å². The average Bonchev–Trinajstić information content (AvgIpc) is 2.68. The lowest BCUT2D eigenvalue weighted by molar-refractivity contribution is -0.132. The molecule has 0 aliphatic carbocycles. The molecule has 0 aliphatic rings. The molecule has 0 fully saturated rings. The monoisotopic (exact) mass is 450 g/mol. The molecule has 0 spiro atoms. The molecule has 1 aromatic carbocycles. The van der Waals surface area contributed by atoms with E-state index in [0.29, 0.717) is 0 Å². The zero-order chi connectivity index (χ0) is 21.0. The number of hydrogen-bond acceptors (Lipinski definition) is 6. The summed E-state index contributed by atoms with van der Waals surface area (Å²) >= 11 is 5.55. The van der Waals surface area contributed by atoms with Gasteiger partial charge in [0.2, 0.25) is 0 Å². The highest BCUT2D eigenvalue weighted by Crippen LogP contribution is 2.26. The lowest BCUT2D eigenvalue weighted by atomic mass is 10.4. The van der Waals surface area contributed by atoms with Crippen LogP contribution in [0.25, 0.3) is 0 Å². The Morgan fingerprint density at radius 2 is 1.33 bits per heavy atom. The van der Waals surface area contributed by atoms with E-state index in [1.165, 1.54) is 21.3 Å². The van der Waals surface area contributed by atoms with E-state index in [1.54, 1.807) is 14.2 Å². The summed E-state index contributed by atoms with van der Waals surface area (Å²) in [5.41, 5.74) is 0. The first-order valence-electron chi connectivity index (χ1n) is 7.76. The van der Waals surface area contributed by atoms with Crippen molar-refractivity contribution in [2.24, 2.45) is 0 Å². The van der Waals surface area contributed by atoms with Gasteiger partial charge >= 0.3 is 23.8 Å². The minimum absolute atomic E-state index is 0.0583. The Morgan fingerprint density at radius 3 is 1.67 bits per heavy atom. The average molecular weight is 451 g/mol. The molecule has 0 saturated carbocycles. The second-order valence-electron chi connectivity index (χ2n) is 4.99. The van der Waals surface area contributed by atoms with Gasteiger partial charge < -0.3 is 26.6 Å². The molecule has 0 aliphatic heterocycles. The molecule has 0 N–H and O–H groups in total. The Bertz CT molecular complexity index is 494. The van der Waals surface area contributed by atoms with Gasteiger partial charge in [-0.3, -0.25) is 0 Å². The van der Waals surface area contributed by atoms with Crippen molar-refractivity contribution in [2.75, 3.05) is 41.6 Å². The fourth-order valence-corrected chi connectivity index (χ4v) is 6.00. The van der Waals surface area contributed by atoms with Crippen LogP contribution in [0.15, 0.2) is 30.3 Å². The van der Waals surface area contributed by atoms with Crippen molar-refractivity contribution in [1.82, 2.24) is 0 Å². The predicted molar refractivity (Wildman–Crippen MR) is 99.9 cm³/mol. The van der Waals surface area contributed by atoms with Crippen LogP contribution in [0.1, 0.15) is 6.42 Å². The Kier molecular flexibility index (Phi) is 12.6. The van der Waals surface area contributed by atoms with Gasteiger partial charge in [-0.25, -0.2) is 0 Å². The molecule has 0 radical (unpaired) electrons. The summed E-state index contributed by atoms with van der Waals surface area (Å²) in [4.78, 5) is 0. The Hall–Kier alpha value is -0.506. The van der Waals surface area contributed by atoms with E-state index in [2.05, 4.69) is 0 Å². The maximum absolute atomic E-state index is 11.9. The van der Waals surface area contributed by atoms with Crippen molar-refractivity contribution in [3.05, 3.63) is 30.3 Å². The van der Waals surface area contributed by atoms with Crippen LogP contribution in [0.5, 0.6) is 0 Å². The first kappa shape index (κ1) is 26.5. The van der Waals surface area contributed by atoms with E-state index in [9.17, 15) is 13.2 Å². The normalized spacial score (nSPS) is 12.5. The SMILES string of the molecule is CO[Si](CCC(F)(F)F)(OC)OC.CO[Si](OC)(OCCl)c1ccccc1. The van der Waals surface area contributed by atoms with Crippen molar-refractivity contribution in [1.29, 1.82) is 0 Å². The van der Waals surface area contributed by atoms with Crippen LogP contribution in [0.4, 0.5) is 13.2 Å². The smallest absolute Gasteiger partial charge is 0.377 e. The number of hydrogen-bond donors (Lipinski definition) is 0. The fourth-order valence-electron chi connectivity index (χ4n) is 2.09. The quantitative estimate of drug-likeness (QED) is 0.403. The van der Waals surface area contributed by atoms with Gasteiger partial charge in [0, 0.05) is 53.2 Å². The lowest BCUT2D eigenvalue weighted by Crippen LogP contribution is -2.55. The summed E-state index contributed by atoms with van der Waals surface area (Å²) in [5, 5.41) is 0.908. The molecule has 1 aromatic rings. The van der Waals surface area contributed by atoms with Crippen molar-refractivity contribution in [2.45, 2.75) is 18.6 Å². The van der Waals surface area contributed by atoms with Gasteiger partial charge in [0.05, 0.1) is 0 Å². The van der Waals surface area contributed by atoms with Gasteiger partial charge in [-0.15, -0.1) is 0 Å². The van der Waals surface area contributed by atoms with Gasteiger partial charge in [-0.1, -0.05) is 41.9 Å². The number of benzene rings is 1. The van der Waals surface area contributed by atoms with Crippen molar-refractivity contribution < 1.29 is 39.7 Å². The van der Waals surface area contributed by atoms with Crippen LogP contribution in [0, 0.1) is 0 Å². The van der Waals surface area contributed by atoms with E-state index in [4.69, 9.17) is 38.2 Å². The molecule has 6 nitrogen and oxygen atoms in total. The van der Waals surface area contributed by atoms with Crippen LogP contribution in [-0.2, 0) is 26.6 Å². The lowest BCUT2D eigenvalue weighted by Gasteiger charge is -2.25. The van der Waals surface area contributed by atoms with E-state index in [1.807, 2.05) is 30.3 Å². The minimum atomic E-state index is -4.20. The summed E-state index contributed by atoms with van der Waals surface area (Å²) in [6.07, 6.45) is -5.15. The van der Waals surface area contributed by atoms with E-state index < -0.39 is 30.2 Å². The molecule has 0 unspecified atom stereocenters. The van der Waals surface area contributed by atoms with Crippen molar-refractivity contribution in [3.8, 4) is 0 Å². The second-order valence-corrected chi connectivity index (χ2v) is 11.1. The maximum Gasteiger partial charge on any atom is 0.537 e. The third-order valence-corrected chi connectivity index (χ3v) is 9.22. The largest absolute Gasteiger partial charge is 0.537 e. The summed E-state index contributed by atoms with van der Waals surface area (Å²) in [7, 11) is 1.19. The minimum Gasteiger partial charge on any atom is -0.377 e. The second kappa shape index (κ2) is 12.9. The fraction of sp³-hybridized carbons (Fsp3) is 0.600. The number of alkyl halides is 4. The van der Waals surface area contributed by atoms with Gasteiger partial charge in [0.25, 0.3) is 0 Å². The van der Waals surface area contributed by atoms with Gasteiger partial charge in [0.15, 0.2) is 0 Å². The van der Waals surface area contributed by atoms with Crippen LogP contribution in [-0.4, -0.2) is 65.4 Å². The molecular formula is C15H26ClF3O6Si2. The van der Waals surface area contributed by atoms with Crippen molar-refractivity contribution in [3.63, 3.8) is 0 Å². The first-order chi connectivity index (χ1) is 12.7. The molecule has 0 heterocycles. The molecule has 12 heteroatoms. The summed E-state index contributed by atoms with van der Waals surface area (Å²) < 4.78 is 66.1. The zero-order valence-corrected chi connectivity index (χ0v) is 18.7.